The van der Waals surface area contributed by atoms with Crippen LogP contribution in [0.5, 0.6) is 0 Å². The van der Waals surface area contributed by atoms with E-state index in [1.807, 2.05) is 0 Å². The summed E-state index contributed by atoms with van der Waals surface area (Å²) < 4.78 is 6.45. The molecule has 0 aliphatic rings. The average Bonchev–Trinajstić information content (AvgIpc) is 2.77. The second-order valence-electron chi connectivity index (χ2n) is 6.43. The van der Waals surface area contributed by atoms with Gasteiger partial charge in [0.05, 0.1) is 0 Å². The molecule has 0 N–H and O–H groups in total. The predicted octanol–water partition coefficient (Wildman–Crippen LogP) is 1.23. The highest BCUT2D eigenvalue weighted by molar-refractivity contribution is 14.1. The third-order valence-corrected chi connectivity index (χ3v) is 5.30. The Morgan fingerprint density at radius 3 is 1.59 bits per heavy atom. The predicted molar refractivity (Wildman–Crippen MR) is 131 cm³/mol. The maximum Gasteiger partial charge on any atom is 0.336 e. The summed E-state index contributed by atoms with van der Waals surface area (Å²) in [6.45, 7) is 0. The van der Waals surface area contributed by atoms with E-state index in [0.29, 0.717) is 11.6 Å². The summed E-state index contributed by atoms with van der Waals surface area (Å²) in [4.78, 5) is 54.7. The minimum absolute atomic E-state index is 0.314. The van der Waals surface area contributed by atoms with Gasteiger partial charge in [0, 0.05) is 59.1 Å². The van der Waals surface area contributed by atoms with E-state index < -0.39 is 16.9 Å². The van der Waals surface area contributed by atoms with Crippen molar-refractivity contribution in [3.8, 4) is 11.6 Å². The maximum atomic E-state index is 11.8. The fourth-order valence-corrected chi connectivity index (χ4v) is 3.11. The molecule has 0 aromatic carbocycles. The van der Waals surface area contributed by atoms with Gasteiger partial charge in [0.2, 0.25) is 0 Å². The van der Waals surface area contributed by atoms with Gasteiger partial charge >= 0.3 is 11.4 Å². The Morgan fingerprint density at radius 1 is 0.719 bits per heavy atom. The molecule has 0 aliphatic heterocycles. The normalized spacial score (nSPS) is 10.4. The Morgan fingerprint density at radius 2 is 1.19 bits per heavy atom. The molecule has 4 rings (SSSR count). The molecule has 0 bridgehead atoms. The van der Waals surface area contributed by atoms with Crippen molar-refractivity contribution >= 4 is 38.5 Å². The van der Waals surface area contributed by atoms with E-state index in [9.17, 15) is 19.2 Å². The summed E-state index contributed by atoms with van der Waals surface area (Å²) in [6.07, 6.45) is 6.01. The van der Waals surface area contributed by atoms with Gasteiger partial charge in [-0.25, -0.2) is 28.7 Å². The van der Waals surface area contributed by atoms with Crippen LogP contribution in [-0.2, 0) is 14.1 Å². The van der Waals surface area contributed by atoms with Gasteiger partial charge < -0.3 is 9.13 Å². The van der Waals surface area contributed by atoms with Crippen LogP contribution >= 0.6 is 38.5 Å². The highest BCUT2D eigenvalue weighted by Crippen LogP contribution is 2.08. The Bertz CT molecular complexity index is 1370. The van der Waals surface area contributed by atoms with Crippen LogP contribution in [0.15, 0.2) is 84.8 Å². The van der Waals surface area contributed by atoms with Gasteiger partial charge in [0.15, 0.2) is 0 Å². The van der Waals surface area contributed by atoms with E-state index in [4.69, 9.17) is 0 Å². The van der Waals surface area contributed by atoms with Crippen molar-refractivity contribution < 1.29 is 0 Å². The number of pyridine rings is 2. The molecule has 0 unspecified atom stereocenters. The number of aromatic nitrogens is 6. The van der Waals surface area contributed by atoms with E-state index in [1.54, 1.807) is 44.6 Å². The third-order valence-electron chi connectivity index (χ3n) is 4.19. The maximum absolute atomic E-state index is 11.8. The van der Waals surface area contributed by atoms with E-state index in [-0.39, 0.29) is 5.56 Å². The highest BCUT2D eigenvalue weighted by Gasteiger charge is 2.07. The second-order valence-corrected chi connectivity index (χ2v) is 8.60. The smallest absolute Gasteiger partial charge is 0.303 e. The van der Waals surface area contributed by atoms with Crippen LogP contribution in [0.2, 0.25) is 0 Å². The molecule has 164 valence electrons. The molecule has 4 aromatic heterocycles. The highest BCUT2D eigenvalue weighted by atomic mass is 127. The molecule has 0 saturated carbocycles. The molecule has 0 spiro atoms. The number of hydrogen-bond donors (Lipinski definition) is 0. The molecule has 32 heavy (non-hydrogen) atoms. The fourth-order valence-electron chi connectivity index (χ4n) is 2.55. The summed E-state index contributed by atoms with van der Waals surface area (Å²) >= 11 is 5.34. The van der Waals surface area contributed by atoms with Crippen molar-refractivity contribution in [3.63, 3.8) is 0 Å². The molecular formula is C20H16BrIN6O4. The summed E-state index contributed by atoms with van der Waals surface area (Å²) in [6, 6.07) is 9.42. The Balaban J connectivity index is 0.000000181. The summed E-state index contributed by atoms with van der Waals surface area (Å²) in [7, 11) is 3.17. The molecule has 0 aliphatic carbocycles. The van der Waals surface area contributed by atoms with Crippen LogP contribution in [-0.4, -0.2) is 28.2 Å². The molecular weight excluding hydrogens is 595 g/mol. The molecule has 0 fully saturated rings. The zero-order valence-electron chi connectivity index (χ0n) is 16.8. The first kappa shape index (κ1) is 23.5. The summed E-state index contributed by atoms with van der Waals surface area (Å²) in [5.74, 6) is 0.654. The standard InChI is InChI=1S/C10H8BrN3O2.C10H8IN3O2/c2*1-13-5-4-9(15)14(10(13)16)8-3-2-7(11)6-12-8/h2*2-6H,1H3. The van der Waals surface area contributed by atoms with Crippen molar-refractivity contribution in [2.24, 2.45) is 14.1 Å². The van der Waals surface area contributed by atoms with Crippen LogP contribution in [0.3, 0.4) is 0 Å². The van der Waals surface area contributed by atoms with Crippen molar-refractivity contribution in [2.45, 2.75) is 0 Å². The third kappa shape index (κ3) is 5.19. The number of halogens is 2. The first-order valence-electron chi connectivity index (χ1n) is 9.00. The zero-order valence-corrected chi connectivity index (χ0v) is 20.6. The van der Waals surface area contributed by atoms with Crippen molar-refractivity contribution in [1.82, 2.24) is 28.2 Å². The van der Waals surface area contributed by atoms with Gasteiger partial charge in [-0.15, -0.1) is 0 Å². The van der Waals surface area contributed by atoms with Gasteiger partial charge in [-0.2, -0.15) is 0 Å². The monoisotopic (exact) mass is 610 g/mol. The number of nitrogens with zero attached hydrogens (tertiary/aromatic N) is 6. The quantitative estimate of drug-likeness (QED) is 0.316. The van der Waals surface area contributed by atoms with Crippen molar-refractivity contribution in [1.29, 1.82) is 0 Å². The Labute approximate surface area is 202 Å². The molecule has 12 heteroatoms. The van der Waals surface area contributed by atoms with E-state index in [2.05, 4.69) is 48.5 Å². The average molecular weight is 611 g/mol. The molecule has 4 aromatic rings. The lowest BCUT2D eigenvalue weighted by Crippen LogP contribution is -2.37. The minimum atomic E-state index is -0.415. The van der Waals surface area contributed by atoms with Crippen LogP contribution < -0.4 is 22.5 Å². The molecule has 10 nitrogen and oxygen atoms in total. The van der Waals surface area contributed by atoms with Crippen LogP contribution in [0.4, 0.5) is 0 Å². The largest absolute Gasteiger partial charge is 0.336 e. The van der Waals surface area contributed by atoms with E-state index >= 15 is 0 Å². The number of rotatable bonds is 2. The number of aryl methyl sites for hydroxylation is 2. The van der Waals surface area contributed by atoms with Crippen LogP contribution in [0.25, 0.3) is 11.6 Å². The van der Waals surface area contributed by atoms with Crippen LogP contribution in [0.1, 0.15) is 0 Å². The molecule has 0 radical (unpaired) electrons. The van der Waals surface area contributed by atoms with Gasteiger partial charge in [0.25, 0.3) is 11.1 Å². The van der Waals surface area contributed by atoms with Gasteiger partial charge in [-0.1, -0.05) is 0 Å². The Kier molecular flexibility index (Phi) is 7.35. The fraction of sp³-hybridized carbons (Fsp3) is 0.100. The topological polar surface area (TPSA) is 114 Å². The van der Waals surface area contributed by atoms with E-state index in [0.717, 1.165) is 17.2 Å². The van der Waals surface area contributed by atoms with Crippen molar-refractivity contribution in [3.05, 3.63) is 111 Å². The molecule has 0 saturated heterocycles. The van der Waals surface area contributed by atoms with Crippen molar-refractivity contribution in [2.75, 3.05) is 0 Å². The first-order valence-corrected chi connectivity index (χ1v) is 10.9. The molecule has 0 atom stereocenters. The van der Waals surface area contributed by atoms with Gasteiger partial charge in [-0.05, 0) is 62.8 Å². The number of hydrogen-bond acceptors (Lipinski definition) is 6. The van der Waals surface area contributed by atoms with Crippen LogP contribution in [0, 0.1) is 3.57 Å². The molecule has 0 amide bonds. The lowest BCUT2D eigenvalue weighted by atomic mass is 10.4. The summed E-state index contributed by atoms with van der Waals surface area (Å²) in [5, 5.41) is 0. The lowest BCUT2D eigenvalue weighted by molar-refractivity contribution is 0.727. The zero-order chi connectivity index (χ0) is 23.4. The Hall–Kier alpha value is -3.13. The first-order chi connectivity index (χ1) is 15.2. The van der Waals surface area contributed by atoms with Gasteiger partial charge in [-0.3, -0.25) is 9.59 Å². The minimum Gasteiger partial charge on any atom is -0.303 e. The lowest BCUT2D eigenvalue weighted by Gasteiger charge is -2.04. The summed E-state index contributed by atoms with van der Waals surface area (Å²) in [5.41, 5.74) is -1.58. The SMILES string of the molecule is Cn1ccc(=O)n(-c2ccc(Br)cn2)c1=O.Cn1ccc(=O)n(-c2ccc(I)cn2)c1=O. The second kappa shape index (κ2) is 9.99. The van der Waals surface area contributed by atoms with Gasteiger partial charge in [0.1, 0.15) is 11.6 Å². The molecule has 4 heterocycles. The van der Waals surface area contributed by atoms with E-state index in [1.165, 1.54) is 39.9 Å².